The van der Waals surface area contributed by atoms with E-state index >= 15 is 0 Å². The molecule has 3 nitrogen and oxygen atoms in total. The largest absolute Gasteiger partial charge is 0.350 e. The van der Waals surface area contributed by atoms with E-state index < -0.39 is 0 Å². The average Bonchev–Trinajstić information content (AvgIpc) is 2.79. The summed E-state index contributed by atoms with van der Waals surface area (Å²) in [6.45, 7) is 1.20. The number of hydrogen-bond acceptors (Lipinski definition) is 4. The zero-order chi connectivity index (χ0) is 10.7. The molecule has 0 aliphatic carbocycles. The number of ether oxygens (including phenoxy) is 2. The van der Waals surface area contributed by atoms with Crippen molar-refractivity contribution in [2.24, 2.45) is 0 Å². The third kappa shape index (κ3) is 3.11. The van der Waals surface area contributed by atoms with E-state index in [1.807, 2.05) is 11.4 Å². The molecule has 1 saturated heterocycles. The lowest BCUT2D eigenvalue weighted by molar-refractivity contribution is -0.126. The van der Waals surface area contributed by atoms with Crippen LogP contribution in [-0.4, -0.2) is 25.3 Å². The quantitative estimate of drug-likeness (QED) is 0.854. The molecule has 0 bridgehead atoms. The van der Waals surface area contributed by atoms with Crippen molar-refractivity contribution < 1.29 is 14.3 Å². The summed E-state index contributed by atoms with van der Waals surface area (Å²) in [5.74, 6) is 0.157. The average molecular weight is 291 g/mol. The number of hydrogen-bond donors (Lipinski definition) is 0. The molecule has 0 radical (unpaired) electrons. The standard InChI is InChI=1S/C10H11BrO3S/c11-8-1-4-15-9(8)5-7(12)6-10-13-2-3-14-10/h1,4,10H,2-3,5-6H2. The second-order valence-corrected chi connectivity index (χ2v) is 5.14. The molecular formula is C10H11BrO3S. The van der Waals surface area contributed by atoms with E-state index in [0.29, 0.717) is 26.1 Å². The van der Waals surface area contributed by atoms with Gasteiger partial charge in [0.15, 0.2) is 6.29 Å². The van der Waals surface area contributed by atoms with Crippen LogP contribution >= 0.6 is 27.3 Å². The van der Waals surface area contributed by atoms with Crippen LogP contribution in [0.4, 0.5) is 0 Å². The highest BCUT2D eigenvalue weighted by atomic mass is 79.9. The van der Waals surface area contributed by atoms with Gasteiger partial charge in [0, 0.05) is 15.8 Å². The summed E-state index contributed by atoms with van der Waals surface area (Å²) in [4.78, 5) is 12.7. The minimum atomic E-state index is -0.323. The van der Waals surface area contributed by atoms with E-state index in [4.69, 9.17) is 9.47 Å². The molecule has 5 heteroatoms. The van der Waals surface area contributed by atoms with Crippen LogP contribution in [0.3, 0.4) is 0 Å². The molecule has 0 amide bonds. The summed E-state index contributed by atoms with van der Waals surface area (Å²) in [6.07, 6.45) is 0.488. The lowest BCUT2D eigenvalue weighted by atomic mass is 10.2. The van der Waals surface area contributed by atoms with Gasteiger partial charge in [-0.25, -0.2) is 0 Å². The zero-order valence-electron chi connectivity index (χ0n) is 8.07. The van der Waals surface area contributed by atoms with Gasteiger partial charge in [0.1, 0.15) is 5.78 Å². The summed E-state index contributed by atoms with van der Waals surface area (Å²) >= 11 is 4.99. The first kappa shape index (κ1) is 11.3. The summed E-state index contributed by atoms with van der Waals surface area (Å²) in [5, 5.41) is 1.97. The molecule has 0 spiro atoms. The lowest BCUT2D eigenvalue weighted by Gasteiger charge is -2.07. The van der Waals surface area contributed by atoms with E-state index in [-0.39, 0.29) is 12.1 Å². The van der Waals surface area contributed by atoms with Crippen molar-refractivity contribution in [3.05, 3.63) is 20.8 Å². The van der Waals surface area contributed by atoms with Gasteiger partial charge >= 0.3 is 0 Å². The number of thiophene rings is 1. The Hall–Kier alpha value is -0.230. The highest BCUT2D eigenvalue weighted by Gasteiger charge is 2.20. The van der Waals surface area contributed by atoms with Crippen molar-refractivity contribution in [2.45, 2.75) is 19.1 Å². The summed E-state index contributed by atoms with van der Waals surface area (Å²) < 4.78 is 11.5. The van der Waals surface area contributed by atoms with Crippen LogP contribution in [0.15, 0.2) is 15.9 Å². The predicted molar refractivity (Wildman–Crippen MR) is 61.0 cm³/mol. The fourth-order valence-electron chi connectivity index (χ4n) is 1.41. The molecule has 2 rings (SSSR count). The van der Waals surface area contributed by atoms with Crippen LogP contribution in [0.2, 0.25) is 0 Å². The molecule has 1 aromatic rings. The Balaban J connectivity index is 1.84. The Morgan fingerprint density at radius 1 is 1.53 bits per heavy atom. The normalized spacial score (nSPS) is 17.1. The lowest BCUT2D eigenvalue weighted by Crippen LogP contribution is -2.15. The highest BCUT2D eigenvalue weighted by Crippen LogP contribution is 2.24. The van der Waals surface area contributed by atoms with Crippen molar-refractivity contribution in [1.29, 1.82) is 0 Å². The van der Waals surface area contributed by atoms with E-state index in [1.54, 1.807) is 11.3 Å². The van der Waals surface area contributed by atoms with E-state index in [1.165, 1.54) is 0 Å². The van der Waals surface area contributed by atoms with Gasteiger partial charge in [-0.2, -0.15) is 0 Å². The minimum absolute atomic E-state index is 0.157. The van der Waals surface area contributed by atoms with Crippen LogP contribution in [0, 0.1) is 0 Å². The number of ketones is 1. The Labute approximate surface area is 101 Å². The van der Waals surface area contributed by atoms with E-state index in [9.17, 15) is 4.79 Å². The molecular weight excluding hydrogens is 280 g/mol. The van der Waals surface area contributed by atoms with Gasteiger partial charge in [-0.05, 0) is 27.4 Å². The maximum absolute atomic E-state index is 11.6. The first-order chi connectivity index (χ1) is 7.25. The molecule has 0 atom stereocenters. The number of carbonyl (C=O) groups excluding carboxylic acids is 1. The third-order valence-electron chi connectivity index (χ3n) is 2.13. The first-order valence-electron chi connectivity index (χ1n) is 4.72. The molecule has 1 fully saturated rings. The smallest absolute Gasteiger partial charge is 0.164 e. The fraction of sp³-hybridized carbons (Fsp3) is 0.500. The number of Topliss-reactive ketones (excluding diaryl/α,β-unsaturated/α-hetero) is 1. The van der Waals surface area contributed by atoms with Crippen LogP contribution < -0.4 is 0 Å². The fourth-order valence-corrected chi connectivity index (χ4v) is 2.93. The number of rotatable bonds is 4. The predicted octanol–water partition coefficient (Wildman–Crippen LogP) is 2.39. The van der Waals surface area contributed by atoms with E-state index in [2.05, 4.69) is 15.9 Å². The molecule has 15 heavy (non-hydrogen) atoms. The van der Waals surface area contributed by atoms with Gasteiger partial charge in [-0.15, -0.1) is 11.3 Å². The topological polar surface area (TPSA) is 35.5 Å². The molecule has 0 unspecified atom stereocenters. The molecule has 2 heterocycles. The molecule has 0 aromatic carbocycles. The molecule has 0 saturated carbocycles. The zero-order valence-corrected chi connectivity index (χ0v) is 10.5. The third-order valence-corrected chi connectivity index (χ3v) is 4.06. The summed E-state index contributed by atoms with van der Waals surface area (Å²) in [7, 11) is 0. The second kappa shape index (κ2) is 5.21. The van der Waals surface area contributed by atoms with Crippen molar-refractivity contribution >= 4 is 33.0 Å². The van der Waals surface area contributed by atoms with Crippen LogP contribution in [-0.2, 0) is 20.7 Å². The summed E-state index contributed by atoms with van der Waals surface area (Å²) in [5.41, 5.74) is 0. The van der Waals surface area contributed by atoms with Crippen molar-refractivity contribution in [1.82, 2.24) is 0 Å². The maximum atomic E-state index is 11.6. The van der Waals surface area contributed by atoms with Crippen LogP contribution in [0.1, 0.15) is 11.3 Å². The second-order valence-electron chi connectivity index (χ2n) is 3.28. The van der Waals surface area contributed by atoms with Crippen molar-refractivity contribution in [2.75, 3.05) is 13.2 Å². The molecule has 1 aromatic heterocycles. The van der Waals surface area contributed by atoms with Crippen molar-refractivity contribution in [3.8, 4) is 0 Å². The Bertz CT molecular complexity index is 344. The maximum Gasteiger partial charge on any atom is 0.164 e. The molecule has 82 valence electrons. The monoisotopic (exact) mass is 290 g/mol. The van der Waals surface area contributed by atoms with Crippen LogP contribution in [0.25, 0.3) is 0 Å². The minimum Gasteiger partial charge on any atom is -0.350 e. The molecule has 0 N–H and O–H groups in total. The number of halogens is 1. The Morgan fingerprint density at radius 3 is 2.87 bits per heavy atom. The van der Waals surface area contributed by atoms with Crippen molar-refractivity contribution in [3.63, 3.8) is 0 Å². The first-order valence-corrected chi connectivity index (χ1v) is 6.40. The van der Waals surface area contributed by atoms with E-state index in [0.717, 1.165) is 9.35 Å². The molecule has 1 aliphatic rings. The Morgan fingerprint density at radius 2 is 2.27 bits per heavy atom. The summed E-state index contributed by atoms with van der Waals surface area (Å²) in [6, 6.07) is 1.95. The SMILES string of the molecule is O=C(Cc1sccc1Br)CC1OCCO1. The molecule has 1 aliphatic heterocycles. The highest BCUT2D eigenvalue weighted by molar-refractivity contribution is 9.10. The van der Waals surface area contributed by atoms with Gasteiger partial charge < -0.3 is 9.47 Å². The van der Waals surface area contributed by atoms with Crippen LogP contribution in [0.5, 0.6) is 0 Å². The van der Waals surface area contributed by atoms with Gasteiger partial charge in [-0.3, -0.25) is 4.79 Å². The Kier molecular flexibility index (Phi) is 3.91. The van der Waals surface area contributed by atoms with Gasteiger partial charge in [0.05, 0.1) is 19.6 Å². The van der Waals surface area contributed by atoms with Gasteiger partial charge in [-0.1, -0.05) is 0 Å². The van der Waals surface area contributed by atoms with Gasteiger partial charge in [0.2, 0.25) is 0 Å². The van der Waals surface area contributed by atoms with Gasteiger partial charge in [0.25, 0.3) is 0 Å². The number of carbonyl (C=O) groups is 1.